The molecule has 0 spiro atoms. The fraction of sp³-hybridized carbons (Fsp3) is 0.125. The molecule has 116 valence electrons. The Balaban J connectivity index is 1.94. The van der Waals surface area contributed by atoms with E-state index in [1.165, 1.54) is 23.0 Å². The molecule has 0 atom stereocenters. The third kappa shape index (κ3) is 3.09. The number of amides is 1. The first kappa shape index (κ1) is 14.9. The Hall–Kier alpha value is -3.06. The summed E-state index contributed by atoms with van der Waals surface area (Å²) >= 11 is 0. The topological polar surface area (TPSA) is 97.1 Å². The molecule has 2 N–H and O–H groups in total. The smallest absolute Gasteiger partial charge is 0.274 e. The number of nitrogens with one attached hydrogen (secondary N) is 1. The monoisotopic (exact) mass is 310 g/mol. The van der Waals surface area contributed by atoms with Crippen molar-refractivity contribution >= 4 is 16.8 Å². The first-order valence-corrected chi connectivity index (χ1v) is 7.02. The van der Waals surface area contributed by atoms with Gasteiger partial charge < -0.3 is 0 Å². The Labute approximate surface area is 131 Å². The molecule has 3 rings (SSSR count). The van der Waals surface area contributed by atoms with Crippen molar-refractivity contribution in [2.75, 3.05) is 0 Å². The molecule has 2 aromatic heterocycles. The third-order valence-corrected chi connectivity index (χ3v) is 3.52. The second-order valence-electron chi connectivity index (χ2n) is 4.99. The SMILES string of the molecule is O=C(NO)c1ccc2ncn(CCc3ccccn3)c(=O)c2c1. The van der Waals surface area contributed by atoms with Crippen LogP contribution >= 0.6 is 0 Å². The summed E-state index contributed by atoms with van der Waals surface area (Å²) in [6.45, 7) is 0.440. The van der Waals surface area contributed by atoms with Gasteiger partial charge >= 0.3 is 0 Å². The molecule has 0 aliphatic heterocycles. The highest BCUT2D eigenvalue weighted by Crippen LogP contribution is 2.10. The van der Waals surface area contributed by atoms with E-state index in [0.717, 1.165) is 5.69 Å². The van der Waals surface area contributed by atoms with Crippen LogP contribution < -0.4 is 11.0 Å². The minimum Gasteiger partial charge on any atom is -0.298 e. The Morgan fingerprint density at radius 2 is 2.09 bits per heavy atom. The summed E-state index contributed by atoms with van der Waals surface area (Å²) in [6, 6.07) is 10.1. The lowest BCUT2D eigenvalue weighted by molar-refractivity contribution is 0.0706. The minimum absolute atomic E-state index is 0.196. The van der Waals surface area contributed by atoms with E-state index in [0.29, 0.717) is 23.9 Å². The van der Waals surface area contributed by atoms with Crippen molar-refractivity contribution in [3.8, 4) is 0 Å². The van der Waals surface area contributed by atoms with Crippen LogP contribution in [0, 0.1) is 0 Å². The molecule has 23 heavy (non-hydrogen) atoms. The molecule has 7 nitrogen and oxygen atoms in total. The van der Waals surface area contributed by atoms with Gasteiger partial charge in [0.25, 0.3) is 11.5 Å². The molecule has 0 unspecified atom stereocenters. The van der Waals surface area contributed by atoms with Crippen LogP contribution in [0.4, 0.5) is 0 Å². The van der Waals surface area contributed by atoms with Gasteiger partial charge in [-0.15, -0.1) is 0 Å². The highest BCUT2D eigenvalue weighted by Gasteiger charge is 2.09. The maximum atomic E-state index is 12.5. The first-order valence-electron chi connectivity index (χ1n) is 7.02. The molecular weight excluding hydrogens is 296 g/mol. The first-order chi connectivity index (χ1) is 11.2. The van der Waals surface area contributed by atoms with E-state index in [4.69, 9.17) is 5.21 Å². The Kier molecular flexibility index (Phi) is 4.11. The van der Waals surface area contributed by atoms with Crippen LogP contribution in [0.2, 0.25) is 0 Å². The van der Waals surface area contributed by atoms with Gasteiger partial charge in [-0.2, -0.15) is 0 Å². The van der Waals surface area contributed by atoms with Crippen LogP contribution in [0.3, 0.4) is 0 Å². The van der Waals surface area contributed by atoms with E-state index >= 15 is 0 Å². The molecule has 7 heteroatoms. The van der Waals surface area contributed by atoms with Crippen molar-refractivity contribution in [3.05, 3.63) is 70.5 Å². The molecule has 0 radical (unpaired) electrons. The van der Waals surface area contributed by atoms with E-state index in [9.17, 15) is 9.59 Å². The summed E-state index contributed by atoms with van der Waals surface area (Å²) in [5, 5.41) is 9.02. The Morgan fingerprint density at radius 3 is 2.83 bits per heavy atom. The molecule has 0 bridgehead atoms. The molecule has 2 heterocycles. The van der Waals surface area contributed by atoms with E-state index in [-0.39, 0.29) is 11.1 Å². The molecule has 1 aromatic carbocycles. The fourth-order valence-electron chi connectivity index (χ4n) is 2.31. The number of rotatable bonds is 4. The maximum absolute atomic E-state index is 12.5. The predicted molar refractivity (Wildman–Crippen MR) is 83.2 cm³/mol. The summed E-state index contributed by atoms with van der Waals surface area (Å²) in [5.74, 6) is -0.671. The summed E-state index contributed by atoms with van der Waals surface area (Å²) in [6.07, 6.45) is 3.79. The summed E-state index contributed by atoms with van der Waals surface area (Å²) in [5.41, 5.74) is 2.89. The van der Waals surface area contributed by atoms with Gasteiger partial charge in [-0.3, -0.25) is 24.3 Å². The van der Waals surface area contributed by atoms with E-state index in [2.05, 4.69) is 9.97 Å². The minimum atomic E-state index is -0.671. The molecule has 0 aliphatic carbocycles. The van der Waals surface area contributed by atoms with Crippen LogP contribution in [0.1, 0.15) is 16.1 Å². The molecule has 0 saturated carbocycles. The second kappa shape index (κ2) is 6.37. The average Bonchev–Trinajstić information content (AvgIpc) is 2.61. The largest absolute Gasteiger partial charge is 0.298 e. The summed E-state index contributed by atoms with van der Waals surface area (Å²) < 4.78 is 1.48. The standard InChI is InChI=1S/C16H14N4O3/c21-15(19-23)11-4-5-14-13(9-11)16(22)20(10-18-14)8-6-12-3-1-2-7-17-12/h1-5,7,9-10,23H,6,8H2,(H,19,21). The molecule has 0 aliphatic rings. The van der Waals surface area contributed by atoms with Gasteiger partial charge in [0.2, 0.25) is 0 Å². The van der Waals surface area contributed by atoms with Gasteiger partial charge in [0.15, 0.2) is 0 Å². The highest BCUT2D eigenvalue weighted by atomic mass is 16.5. The molecule has 3 aromatic rings. The number of carbonyl (C=O) groups excluding carboxylic acids is 1. The molecular formula is C16H14N4O3. The van der Waals surface area contributed by atoms with E-state index in [1.807, 2.05) is 18.2 Å². The van der Waals surface area contributed by atoms with Gasteiger partial charge in [0.05, 0.1) is 17.2 Å². The average molecular weight is 310 g/mol. The highest BCUT2D eigenvalue weighted by molar-refractivity contribution is 5.97. The summed E-state index contributed by atoms with van der Waals surface area (Å²) in [7, 11) is 0. The lowest BCUT2D eigenvalue weighted by Gasteiger charge is -2.07. The van der Waals surface area contributed by atoms with E-state index in [1.54, 1.807) is 17.7 Å². The molecule has 0 saturated heterocycles. The Morgan fingerprint density at radius 1 is 1.22 bits per heavy atom. The summed E-state index contributed by atoms with van der Waals surface area (Å²) in [4.78, 5) is 32.4. The molecule has 1 amide bonds. The zero-order valence-corrected chi connectivity index (χ0v) is 12.1. The number of aryl methyl sites for hydroxylation is 2. The van der Waals surface area contributed by atoms with Crippen LogP contribution in [0.5, 0.6) is 0 Å². The second-order valence-corrected chi connectivity index (χ2v) is 4.99. The Bertz CT molecular complexity index is 906. The van der Waals surface area contributed by atoms with Crippen molar-refractivity contribution < 1.29 is 10.0 Å². The van der Waals surface area contributed by atoms with Crippen LogP contribution in [0.25, 0.3) is 10.9 Å². The lowest BCUT2D eigenvalue weighted by Crippen LogP contribution is -2.23. The fourth-order valence-corrected chi connectivity index (χ4v) is 2.31. The van der Waals surface area contributed by atoms with Gasteiger partial charge in [-0.25, -0.2) is 10.5 Å². The predicted octanol–water partition coefficient (Wildman–Crippen LogP) is 1.15. The zero-order valence-electron chi connectivity index (χ0n) is 12.1. The number of pyridine rings is 1. The quantitative estimate of drug-likeness (QED) is 0.556. The number of fused-ring (bicyclic) bond motifs is 1. The van der Waals surface area contributed by atoms with Crippen molar-refractivity contribution in [2.24, 2.45) is 0 Å². The van der Waals surface area contributed by atoms with Crippen LogP contribution in [0.15, 0.2) is 53.7 Å². The molecule has 0 fully saturated rings. The normalized spacial score (nSPS) is 10.7. The number of benzene rings is 1. The van der Waals surface area contributed by atoms with Gasteiger partial charge in [-0.05, 0) is 30.3 Å². The maximum Gasteiger partial charge on any atom is 0.274 e. The van der Waals surface area contributed by atoms with Gasteiger partial charge in [0, 0.05) is 30.4 Å². The zero-order chi connectivity index (χ0) is 16.2. The lowest BCUT2D eigenvalue weighted by atomic mass is 10.1. The van der Waals surface area contributed by atoms with Crippen molar-refractivity contribution in [3.63, 3.8) is 0 Å². The van der Waals surface area contributed by atoms with E-state index < -0.39 is 5.91 Å². The number of nitrogens with zero attached hydrogens (tertiary/aromatic N) is 3. The number of aromatic nitrogens is 3. The van der Waals surface area contributed by atoms with Gasteiger partial charge in [0.1, 0.15) is 0 Å². The van der Waals surface area contributed by atoms with Crippen LogP contribution in [-0.4, -0.2) is 25.6 Å². The van der Waals surface area contributed by atoms with Crippen LogP contribution in [-0.2, 0) is 13.0 Å². The van der Waals surface area contributed by atoms with Crippen molar-refractivity contribution in [2.45, 2.75) is 13.0 Å². The van der Waals surface area contributed by atoms with Crippen molar-refractivity contribution in [1.82, 2.24) is 20.0 Å². The number of hydrogen-bond donors (Lipinski definition) is 2. The number of hydrogen-bond acceptors (Lipinski definition) is 5. The number of hydroxylamine groups is 1. The number of carbonyl (C=O) groups is 1. The van der Waals surface area contributed by atoms with Crippen molar-refractivity contribution in [1.29, 1.82) is 0 Å². The third-order valence-electron chi connectivity index (χ3n) is 3.52. The van der Waals surface area contributed by atoms with Gasteiger partial charge in [-0.1, -0.05) is 6.07 Å².